The van der Waals surface area contributed by atoms with Gasteiger partial charge in [-0.1, -0.05) is 12.1 Å². The average molecular weight is 387 g/mol. The van der Waals surface area contributed by atoms with Crippen molar-refractivity contribution in [2.45, 2.75) is 44.6 Å². The fourth-order valence-electron chi connectivity index (χ4n) is 3.46. The lowest BCUT2D eigenvalue weighted by molar-refractivity contribution is -0.141. The summed E-state index contributed by atoms with van der Waals surface area (Å²) in [5, 5.41) is 5.87. The molecule has 1 aromatic carbocycles. The Morgan fingerprint density at radius 1 is 1.11 bits per heavy atom. The Hall–Kier alpha value is -2.67. The first-order valence-electron chi connectivity index (χ1n) is 9.15. The van der Waals surface area contributed by atoms with Gasteiger partial charge in [0.05, 0.1) is 6.20 Å². The van der Waals surface area contributed by atoms with Crippen LogP contribution in [-0.4, -0.2) is 22.1 Å². The normalized spacial score (nSPS) is 19.4. The standard InChI is InChI=1S/C21H20F3N3O/c1-13-2-3-14-10-25-7-6-18(14)19(13)12-26-15-8-17(9-15)28-16-4-5-20(27-11-16)21(22,23)24/h2-7,10-11,15,17,26H,8-9,12H2,1H3. The second kappa shape index (κ2) is 7.39. The summed E-state index contributed by atoms with van der Waals surface area (Å²) in [6.45, 7) is 2.85. The van der Waals surface area contributed by atoms with E-state index in [1.807, 2.05) is 12.3 Å². The Morgan fingerprint density at radius 3 is 2.64 bits per heavy atom. The van der Waals surface area contributed by atoms with Crippen LogP contribution in [0.3, 0.4) is 0 Å². The molecular weight excluding hydrogens is 367 g/mol. The molecule has 7 heteroatoms. The molecule has 28 heavy (non-hydrogen) atoms. The Morgan fingerprint density at radius 2 is 1.93 bits per heavy atom. The predicted octanol–water partition coefficient (Wildman–Crippen LogP) is 4.66. The summed E-state index contributed by atoms with van der Waals surface area (Å²) >= 11 is 0. The Bertz CT molecular complexity index is 967. The number of benzene rings is 1. The Kier molecular flexibility index (Phi) is 4.93. The van der Waals surface area contributed by atoms with Gasteiger partial charge in [-0.05, 0) is 54.5 Å². The molecule has 1 saturated carbocycles. The fraction of sp³-hybridized carbons (Fsp3) is 0.333. The second-order valence-corrected chi connectivity index (χ2v) is 7.12. The third-order valence-electron chi connectivity index (χ3n) is 5.16. The van der Waals surface area contributed by atoms with E-state index in [0.29, 0.717) is 11.8 Å². The molecule has 2 aromatic heterocycles. The number of halogens is 3. The summed E-state index contributed by atoms with van der Waals surface area (Å²) in [6, 6.07) is 8.80. The van der Waals surface area contributed by atoms with Crippen molar-refractivity contribution in [3.05, 3.63) is 65.7 Å². The van der Waals surface area contributed by atoms with E-state index in [1.54, 1.807) is 6.20 Å². The number of fused-ring (bicyclic) bond motifs is 1. The predicted molar refractivity (Wildman–Crippen MR) is 100.0 cm³/mol. The first kappa shape index (κ1) is 18.7. The molecule has 0 radical (unpaired) electrons. The molecule has 4 rings (SSSR count). The molecule has 0 bridgehead atoms. The van der Waals surface area contributed by atoms with Gasteiger partial charge in [-0.2, -0.15) is 13.2 Å². The molecule has 0 atom stereocenters. The van der Waals surface area contributed by atoms with Crippen LogP contribution < -0.4 is 10.1 Å². The van der Waals surface area contributed by atoms with Gasteiger partial charge in [0.25, 0.3) is 0 Å². The van der Waals surface area contributed by atoms with E-state index < -0.39 is 11.9 Å². The lowest BCUT2D eigenvalue weighted by Crippen LogP contribution is -2.46. The maximum Gasteiger partial charge on any atom is 0.433 e. The number of rotatable bonds is 5. The van der Waals surface area contributed by atoms with E-state index in [1.165, 1.54) is 22.6 Å². The van der Waals surface area contributed by atoms with E-state index in [9.17, 15) is 13.2 Å². The minimum Gasteiger partial charge on any atom is -0.489 e. The number of ether oxygens (including phenoxy) is 1. The van der Waals surface area contributed by atoms with Gasteiger partial charge in [0.1, 0.15) is 17.5 Å². The molecule has 0 saturated heterocycles. The van der Waals surface area contributed by atoms with E-state index in [-0.39, 0.29) is 6.10 Å². The van der Waals surface area contributed by atoms with Crippen LogP contribution in [0.4, 0.5) is 13.2 Å². The lowest BCUT2D eigenvalue weighted by atomic mass is 9.88. The van der Waals surface area contributed by atoms with Crippen LogP contribution in [0, 0.1) is 6.92 Å². The molecule has 1 aliphatic rings. The highest BCUT2D eigenvalue weighted by molar-refractivity contribution is 5.85. The number of alkyl halides is 3. The zero-order valence-electron chi connectivity index (χ0n) is 15.3. The summed E-state index contributed by atoms with van der Waals surface area (Å²) in [4.78, 5) is 7.59. The zero-order valence-corrected chi connectivity index (χ0v) is 15.3. The number of pyridine rings is 2. The summed E-state index contributed by atoms with van der Waals surface area (Å²) in [7, 11) is 0. The van der Waals surface area contributed by atoms with Crippen LogP contribution in [0.5, 0.6) is 5.75 Å². The van der Waals surface area contributed by atoms with Gasteiger partial charge in [-0.3, -0.25) is 4.98 Å². The van der Waals surface area contributed by atoms with Crippen molar-refractivity contribution >= 4 is 10.8 Å². The molecule has 1 N–H and O–H groups in total. The highest BCUT2D eigenvalue weighted by atomic mass is 19.4. The van der Waals surface area contributed by atoms with Crippen molar-refractivity contribution in [3.63, 3.8) is 0 Å². The molecule has 0 spiro atoms. The summed E-state index contributed by atoms with van der Waals surface area (Å²) in [5.41, 5.74) is 1.58. The van der Waals surface area contributed by atoms with Crippen LogP contribution >= 0.6 is 0 Å². The molecule has 4 nitrogen and oxygen atoms in total. The van der Waals surface area contributed by atoms with E-state index in [2.05, 4.69) is 34.3 Å². The van der Waals surface area contributed by atoms with Crippen molar-refractivity contribution in [2.24, 2.45) is 0 Å². The first-order valence-corrected chi connectivity index (χ1v) is 9.15. The first-order chi connectivity index (χ1) is 13.4. The van der Waals surface area contributed by atoms with Gasteiger partial charge in [0, 0.05) is 30.4 Å². The number of aromatic nitrogens is 2. The maximum atomic E-state index is 12.5. The van der Waals surface area contributed by atoms with Crippen molar-refractivity contribution in [3.8, 4) is 5.75 Å². The second-order valence-electron chi connectivity index (χ2n) is 7.12. The van der Waals surface area contributed by atoms with Crippen LogP contribution in [0.1, 0.15) is 29.7 Å². The van der Waals surface area contributed by atoms with E-state index >= 15 is 0 Å². The van der Waals surface area contributed by atoms with Crippen molar-refractivity contribution in [2.75, 3.05) is 0 Å². The van der Waals surface area contributed by atoms with Gasteiger partial charge in [0.15, 0.2) is 0 Å². The molecule has 3 aromatic rings. The Balaban J connectivity index is 1.30. The number of hydrogen-bond donors (Lipinski definition) is 1. The van der Waals surface area contributed by atoms with E-state index in [0.717, 1.165) is 37.0 Å². The Labute approximate surface area is 160 Å². The van der Waals surface area contributed by atoms with Gasteiger partial charge >= 0.3 is 6.18 Å². The molecule has 1 fully saturated rings. The fourth-order valence-corrected chi connectivity index (χ4v) is 3.46. The molecule has 0 unspecified atom stereocenters. The molecule has 146 valence electrons. The maximum absolute atomic E-state index is 12.5. The highest BCUT2D eigenvalue weighted by Gasteiger charge is 2.33. The summed E-state index contributed by atoms with van der Waals surface area (Å²) in [6.07, 6.45) is 1.99. The molecule has 2 heterocycles. The molecule has 0 aliphatic heterocycles. The van der Waals surface area contributed by atoms with Crippen LogP contribution in [0.2, 0.25) is 0 Å². The lowest BCUT2D eigenvalue weighted by Gasteiger charge is -2.36. The van der Waals surface area contributed by atoms with Gasteiger partial charge in [-0.25, -0.2) is 4.98 Å². The highest BCUT2D eigenvalue weighted by Crippen LogP contribution is 2.30. The minimum absolute atomic E-state index is 0.00569. The van der Waals surface area contributed by atoms with Gasteiger partial charge < -0.3 is 10.1 Å². The number of aryl methyl sites for hydroxylation is 1. The average Bonchev–Trinajstić information content (AvgIpc) is 2.64. The minimum atomic E-state index is -4.43. The molecular formula is C21H20F3N3O. The number of nitrogens with one attached hydrogen (secondary N) is 1. The topological polar surface area (TPSA) is 47.0 Å². The van der Waals surface area contributed by atoms with Gasteiger partial charge in [-0.15, -0.1) is 0 Å². The molecule has 1 aliphatic carbocycles. The van der Waals surface area contributed by atoms with Gasteiger partial charge in [0.2, 0.25) is 0 Å². The largest absolute Gasteiger partial charge is 0.489 e. The smallest absolute Gasteiger partial charge is 0.433 e. The molecule has 0 amide bonds. The monoisotopic (exact) mass is 387 g/mol. The number of hydrogen-bond acceptors (Lipinski definition) is 4. The SMILES string of the molecule is Cc1ccc2cnccc2c1CNC1CC(Oc2ccc(C(F)(F)F)nc2)C1. The third kappa shape index (κ3) is 3.94. The van der Waals surface area contributed by atoms with Crippen LogP contribution in [0.15, 0.2) is 48.9 Å². The quantitative estimate of drug-likeness (QED) is 0.692. The summed E-state index contributed by atoms with van der Waals surface area (Å²) in [5.74, 6) is 0.369. The zero-order chi connectivity index (χ0) is 19.7. The van der Waals surface area contributed by atoms with Crippen molar-refractivity contribution in [1.82, 2.24) is 15.3 Å². The van der Waals surface area contributed by atoms with Crippen molar-refractivity contribution in [1.29, 1.82) is 0 Å². The van der Waals surface area contributed by atoms with E-state index in [4.69, 9.17) is 4.74 Å². The number of nitrogens with zero attached hydrogens (tertiary/aromatic N) is 2. The summed E-state index contributed by atoms with van der Waals surface area (Å²) < 4.78 is 43.4. The van der Waals surface area contributed by atoms with Crippen molar-refractivity contribution < 1.29 is 17.9 Å². The third-order valence-corrected chi connectivity index (χ3v) is 5.16. The van der Waals surface area contributed by atoms with Crippen LogP contribution in [0.25, 0.3) is 10.8 Å². The van der Waals surface area contributed by atoms with Crippen LogP contribution in [-0.2, 0) is 12.7 Å².